The van der Waals surface area contributed by atoms with Crippen LogP contribution in [0, 0.1) is 0 Å². The fraction of sp³-hybridized carbons (Fsp3) is 0. The first-order valence-electron chi connectivity index (χ1n) is 2.70. The maximum Gasteiger partial charge on any atom is 1.00 e. The first-order chi connectivity index (χ1) is 4.70. The third-order valence-electron chi connectivity index (χ3n) is 1.10. The molecule has 4 heteroatoms. The van der Waals surface area contributed by atoms with Crippen molar-refractivity contribution in [3.63, 3.8) is 0 Å². The molecule has 0 heterocycles. The van der Waals surface area contributed by atoms with Crippen molar-refractivity contribution in [2.45, 2.75) is 0 Å². The number of aromatic carboxylic acids is 1. The number of phenols is 1. The Morgan fingerprint density at radius 3 is 2.09 bits per heavy atom. The van der Waals surface area contributed by atoms with Gasteiger partial charge in [0, 0.05) is 0 Å². The van der Waals surface area contributed by atoms with Gasteiger partial charge in [-0.1, -0.05) is 0 Å². The zero-order chi connectivity index (χ0) is 7.56. The SMILES string of the molecule is O=C([O-])c1ccc(O)cc1.[Cs+]. The van der Waals surface area contributed by atoms with E-state index in [-0.39, 0.29) is 80.2 Å². The molecule has 1 aromatic rings. The van der Waals surface area contributed by atoms with Crippen molar-refractivity contribution in [3.05, 3.63) is 29.8 Å². The molecule has 0 aliphatic heterocycles. The molecule has 0 atom stereocenters. The van der Waals surface area contributed by atoms with Gasteiger partial charge in [-0.2, -0.15) is 0 Å². The molecule has 52 valence electrons. The Kier molecular flexibility index (Phi) is 5.49. The van der Waals surface area contributed by atoms with Crippen LogP contribution >= 0.6 is 0 Å². The van der Waals surface area contributed by atoms with E-state index in [2.05, 4.69) is 0 Å². The van der Waals surface area contributed by atoms with E-state index in [9.17, 15) is 9.90 Å². The number of benzene rings is 1. The molecular weight excluding hydrogens is 265 g/mol. The number of carbonyl (C=O) groups is 1. The Morgan fingerprint density at radius 2 is 1.73 bits per heavy atom. The molecule has 0 amide bonds. The number of rotatable bonds is 1. The molecule has 0 aliphatic rings. The minimum absolute atomic E-state index is 0. The molecule has 1 aromatic carbocycles. The Labute approximate surface area is 123 Å². The van der Waals surface area contributed by atoms with Crippen LogP contribution in [0.15, 0.2) is 24.3 Å². The summed E-state index contributed by atoms with van der Waals surface area (Å²) < 4.78 is 0. The van der Waals surface area contributed by atoms with Crippen molar-refractivity contribution in [2.24, 2.45) is 0 Å². The molecule has 0 bridgehead atoms. The summed E-state index contributed by atoms with van der Waals surface area (Å²) in [7, 11) is 0. The van der Waals surface area contributed by atoms with E-state index in [1.54, 1.807) is 0 Å². The first kappa shape index (κ1) is 11.5. The van der Waals surface area contributed by atoms with Crippen LogP contribution in [0.1, 0.15) is 10.4 Å². The summed E-state index contributed by atoms with van der Waals surface area (Å²) in [4.78, 5) is 10.1. The van der Waals surface area contributed by atoms with Crippen LogP contribution in [0.25, 0.3) is 0 Å². The number of hydrogen-bond acceptors (Lipinski definition) is 3. The molecule has 0 aromatic heterocycles. The monoisotopic (exact) mass is 270 g/mol. The largest absolute Gasteiger partial charge is 1.00 e. The van der Waals surface area contributed by atoms with Gasteiger partial charge in [-0.15, -0.1) is 0 Å². The van der Waals surface area contributed by atoms with Gasteiger partial charge in [0.05, 0.1) is 5.97 Å². The Hall–Kier alpha value is 0.542. The van der Waals surface area contributed by atoms with Gasteiger partial charge in [0.25, 0.3) is 0 Å². The van der Waals surface area contributed by atoms with Crippen molar-refractivity contribution in [3.8, 4) is 5.75 Å². The molecule has 0 saturated carbocycles. The Bertz CT molecular complexity index is 242. The second-order valence-electron chi connectivity index (χ2n) is 1.83. The third kappa shape index (κ3) is 3.64. The summed E-state index contributed by atoms with van der Waals surface area (Å²) in [6.07, 6.45) is 0. The van der Waals surface area contributed by atoms with Crippen molar-refractivity contribution >= 4 is 5.97 Å². The van der Waals surface area contributed by atoms with Gasteiger partial charge in [0.15, 0.2) is 0 Å². The van der Waals surface area contributed by atoms with Crippen LogP contribution in [0.4, 0.5) is 0 Å². The minimum atomic E-state index is -1.24. The smallest absolute Gasteiger partial charge is 0.545 e. The summed E-state index contributed by atoms with van der Waals surface area (Å²) in [5.41, 5.74) is 0.0674. The average molecular weight is 270 g/mol. The van der Waals surface area contributed by atoms with Gasteiger partial charge in [0.1, 0.15) is 5.75 Å². The first-order valence-corrected chi connectivity index (χ1v) is 2.70. The van der Waals surface area contributed by atoms with E-state index in [4.69, 9.17) is 5.11 Å². The minimum Gasteiger partial charge on any atom is -0.545 e. The Morgan fingerprint density at radius 1 is 1.27 bits per heavy atom. The van der Waals surface area contributed by atoms with E-state index in [0.717, 1.165) is 0 Å². The molecule has 1 N–H and O–H groups in total. The predicted molar refractivity (Wildman–Crippen MR) is 32.4 cm³/mol. The van der Waals surface area contributed by atoms with Gasteiger partial charge in [0.2, 0.25) is 0 Å². The second-order valence-corrected chi connectivity index (χ2v) is 1.83. The van der Waals surface area contributed by atoms with Crippen LogP contribution in [-0.2, 0) is 0 Å². The van der Waals surface area contributed by atoms with E-state index in [1.165, 1.54) is 24.3 Å². The van der Waals surface area contributed by atoms with Gasteiger partial charge in [-0.05, 0) is 29.8 Å². The molecule has 1 rings (SSSR count). The topological polar surface area (TPSA) is 60.4 Å². The summed E-state index contributed by atoms with van der Waals surface area (Å²) in [6, 6.07) is 5.16. The summed E-state index contributed by atoms with van der Waals surface area (Å²) in [6.45, 7) is 0. The summed E-state index contributed by atoms with van der Waals surface area (Å²) >= 11 is 0. The summed E-state index contributed by atoms with van der Waals surface area (Å²) in [5, 5.41) is 18.8. The van der Waals surface area contributed by atoms with Crippen molar-refractivity contribution in [1.29, 1.82) is 0 Å². The predicted octanol–water partition coefficient (Wildman–Crippen LogP) is -3.24. The van der Waals surface area contributed by atoms with Crippen LogP contribution in [-0.4, -0.2) is 11.1 Å². The zero-order valence-corrected chi connectivity index (χ0v) is 12.4. The third-order valence-corrected chi connectivity index (χ3v) is 1.10. The number of carbonyl (C=O) groups excluding carboxylic acids is 1. The quantitative estimate of drug-likeness (QED) is 0.583. The number of hydrogen-bond donors (Lipinski definition) is 1. The molecule has 0 radical (unpaired) electrons. The fourth-order valence-electron chi connectivity index (χ4n) is 0.598. The standard InChI is InChI=1S/C7H6O3.Cs/c8-6-3-1-5(2-4-6)7(9)10;/h1-4,8H,(H,9,10);/q;+1/p-1. The van der Waals surface area contributed by atoms with Crippen LogP contribution in [0.2, 0.25) is 0 Å². The zero-order valence-electron chi connectivity index (χ0n) is 6.07. The number of phenolic OH excluding ortho intramolecular Hbond substituents is 1. The van der Waals surface area contributed by atoms with Crippen LogP contribution < -0.4 is 74.0 Å². The van der Waals surface area contributed by atoms with Crippen LogP contribution in [0.5, 0.6) is 5.75 Å². The van der Waals surface area contributed by atoms with E-state index >= 15 is 0 Å². The van der Waals surface area contributed by atoms with Crippen LogP contribution in [0.3, 0.4) is 0 Å². The molecule has 0 fully saturated rings. The van der Waals surface area contributed by atoms with Gasteiger partial charge >= 0.3 is 68.9 Å². The van der Waals surface area contributed by atoms with Crippen molar-refractivity contribution in [2.75, 3.05) is 0 Å². The van der Waals surface area contributed by atoms with Crippen molar-refractivity contribution in [1.82, 2.24) is 0 Å². The molecule has 11 heavy (non-hydrogen) atoms. The Balaban J connectivity index is 0.000001000. The molecule has 0 saturated heterocycles. The van der Waals surface area contributed by atoms with E-state index < -0.39 is 5.97 Å². The normalized spacial score (nSPS) is 8.36. The molecule has 0 aliphatic carbocycles. The number of carboxylic acids is 1. The molecule has 3 nitrogen and oxygen atoms in total. The number of carboxylic acid groups (broad SMARTS) is 1. The fourth-order valence-corrected chi connectivity index (χ4v) is 0.598. The van der Waals surface area contributed by atoms with Crippen molar-refractivity contribution < 1.29 is 83.9 Å². The van der Waals surface area contributed by atoms with E-state index in [1.807, 2.05) is 0 Å². The average Bonchev–Trinajstić information content (AvgIpc) is 1.88. The van der Waals surface area contributed by atoms with E-state index in [0.29, 0.717) is 0 Å². The maximum atomic E-state index is 10.1. The second kappa shape index (κ2) is 5.23. The molecular formula is C7H5CsO3. The van der Waals surface area contributed by atoms with Gasteiger partial charge in [-0.3, -0.25) is 0 Å². The maximum absolute atomic E-state index is 10.1. The number of aromatic hydroxyl groups is 1. The molecule has 0 unspecified atom stereocenters. The van der Waals surface area contributed by atoms with Gasteiger partial charge < -0.3 is 15.0 Å². The molecule has 0 spiro atoms. The summed E-state index contributed by atoms with van der Waals surface area (Å²) in [5.74, 6) is -1.19. The van der Waals surface area contributed by atoms with Gasteiger partial charge in [-0.25, -0.2) is 0 Å².